The normalized spacial score (nSPS) is 30.7. The fraction of sp³-hybridized carbons (Fsp3) is 0.733. The summed E-state index contributed by atoms with van der Waals surface area (Å²) in [4.78, 5) is 0. The Kier molecular flexibility index (Phi) is 5.18. The Bertz CT molecular complexity index is 355. The summed E-state index contributed by atoms with van der Waals surface area (Å²) in [6.45, 7) is 7.17. The Morgan fingerprint density at radius 2 is 2.16 bits per heavy atom. The predicted octanol–water partition coefficient (Wildman–Crippen LogP) is 0.703. The van der Waals surface area contributed by atoms with Gasteiger partial charge in [0.1, 0.15) is 0 Å². The first kappa shape index (κ1) is 16.2. The van der Waals surface area contributed by atoms with Crippen molar-refractivity contribution in [1.82, 2.24) is 0 Å². The Hall–Kier alpha value is -0.840. The average Bonchev–Trinajstić information content (AvgIpc) is 2.47. The summed E-state index contributed by atoms with van der Waals surface area (Å²) in [7, 11) is 0. The molecule has 1 aliphatic rings. The van der Waals surface area contributed by atoms with Gasteiger partial charge in [0.25, 0.3) is 0 Å². The first-order chi connectivity index (χ1) is 8.74. The van der Waals surface area contributed by atoms with Crippen LogP contribution in [0.3, 0.4) is 0 Å². The highest BCUT2D eigenvalue weighted by Crippen LogP contribution is 2.39. The zero-order valence-electron chi connectivity index (χ0n) is 12.7. The van der Waals surface area contributed by atoms with Crippen molar-refractivity contribution in [3.8, 4) is 0 Å². The van der Waals surface area contributed by atoms with Gasteiger partial charge in [-0.2, -0.15) is 0 Å². The summed E-state index contributed by atoms with van der Waals surface area (Å²) in [5.41, 5.74) is 22.9. The fourth-order valence-corrected chi connectivity index (χ4v) is 2.96. The number of hydrogen-bond acceptors (Lipinski definition) is 3. The summed E-state index contributed by atoms with van der Waals surface area (Å²) >= 11 is 0. The molecule has 9 N–H and O–H groups in total. The quantitative estimate of drug-likeness (QED) is 0.445. The number of nitrogens with two attached hydrogens (primary N) is 3. The molecule has 0 bridgehead atoms. The summed E-state index contributed by atoms with van der Waals surface area (Å²) in [5.74, 6) is 0.419. The van der Waals surface area contributed by atoms with Crippen molar-refractivity contribution in [3.63, 3.8) is 0 Å². The Morgan fingerprint density at radius 3 is 2.68 bits per heavy atom. The highest BCUT2D eigenvalue weighted by molar-refractivity contribution is 5.16. The molecule has 4 heteroatoms. The molecular formula is C15H31N4+. The van der Waals surface area contributed by atoms with Crippen LogP contribution < -0.4 is 22.9 Å². The number of allylic oxidation sites excluding steroid dienone is 2. The van der Waals surface area contributed by atoms with Gasteiger partial charge in [-0.25, -0.2) is 0 Å². The van der Waals surface area contributed by atoms with Crippen molar-refractivity contribution in [2.75, 3.05) is 6.54 Å². The molecule has 0 saturated heterocycles. The third-order valence-corrected chi connectivity index (χ3v) is 4.24. The topological polar surface area (TPSA) is 106 Å². The van der Waals surface area contributed by atoms with Gasteiger partial charge in [0.05, 0.1) is 5.70 Å². The third-order valence-electron chi connectivity index (χ3n) is 4.24. The molecule has 1 aliphatic carbocycles. The number of quaternary nitrogens is 1. The lowest BCUT2D eigenvalue weighted by atomic mass is 9.71. The molecule has 19 heavy (non-hydrogen) atoms. The van der Waals surface area contributed by atoms with Gasteiger partial charge in [-0.1, -0.05) is 39.0 Å². The van der Waals surface area contributed by atoms with Gasteiger partial charge in [-0.3, -0.25) is 5.73 Å². The van der Waals surface area contributed by atoms with Gasteiger partial charge in [-0.05, 0) is 37.1 Å². The molecule has 0 fully saturated rings. The van der Waals surface area contributed by atoms with Crippen LogP contribution in [0, 0.1) is 17.3 Å². The second-order valence-electron chi connectivity index (χ2n) is 6.61. The minimum atomic E-state index is -0.744. The van der Waals surface area contributed by atoms with E-state index >= 15 is 0 Å². The highest BCUT2D eigenvalue weighted by atomic mass is 15.0. The molecule has 0 aromatic carbocycles. The maximum atomic E-state index is 6.48. The summed E-state index contributed by atoms with van der Waals surface area (Å²) in [6.07, 6.45) is 9.31. The SMILES string of the molecule is CCC=C(N)C(N)([NH3+])C1CC(C)(C)CC=CC1CN. The van der Waals surface area contributed by atoms with Gasteiger partial charge in [0, 0.05) is 5.92 Å². The van der Waals surface area contributed by atoms with E-state index < -0.39 is 5.66 Å². The molecule has 0 heterocycles. The maximum absolute atomic E-state index is 6.48. The summed E-state index contributed by atoms with van der Waals surface area (Å²) in [5, 5.41) is 0. The molecule has 0 amide bonds. The van der Waals surface area contributed by atoms with Crippen LogP contribution in [0.2, 0.25) is 0 Å². The van der Waals surface area contributed by atoms with E-state index in [1.54, 1.807) is 0 Å². The fourth-order valence-electron chi connectivity index (χ4n) is 2.96. The van der Waals surface area contributed by atoms with E-state index in [4.69, 9.17) is 17.2 Å². The van der Waals surface area contributed by atoms with Crippen molar-refractivity contribution in [3.05, 3.63) is 23.9 Å². The third kappa shape index (κ3) is 3.81. The molecule has 0 radical (unpaired) electrons. The van der Waals surface area contributed by atoms with E-state index in [2.05, 4.69) is 38.7 Å². The minimum absolute atomic E-state index is 0.175. The van der Waals surface area contributed by atoms with Crippen LogP contribution in [0.15, 0.2) is 23.9 Å². The molecule has 4 nitrogen and oxygen atoms in total. The molecule has 0 saturated carbocycles. The smallest absolute Gasteiger partial charge is 0.189 e. The van der Waals surface area contributed by atoms with Gasteiger partial charge < -0.3 is 17.2 Å². The van der Waals surface area contributed by atoms with Gasteiger partial charge in [0.15, 0.2) is 5.66 Å². The predicted molar refractivity (Wildman–Crippen MR) is 80.6 cm³/mol. The highest BCUT2D eigenvalue weighted by Gasteiger charge is 2.44. The largest absolute Gasteiger partial charge is 0.396 e. The molecule has 1 rings (SSSR count). The second-order valence-corrected chi connectivity index (χ2v) is 6.61. The number of rotatable bonds is 4. The molecule has 3 unspecified atom stereocenters. The van der Waals surface area contributed by atoms with Gasteiger partial charge in [0.2, 0.25) is 0 Å². The lowest BCUT2D eigenvalue weighted by Crippen LogP contribution is -2.84. The van der Waals surface area contributed by atoms with Crippen LogP contribution in [0.1, 0.15) is 40.0 Å². The van der Waals surface area contributed by atoms with E-state index in [9.17, 15) is 0 Å². The van der Waals surface area contributed by atoms with Crippen molar-refractivity contribution >= 4 is 0 Å². The van der Waals surface area contributed by atoms with Gasteiger partial charge in [-0.15, -0.1) is 0 Å². The van der Waals surface area contributed by atoms with Crippen LogP contribution in [-0.2, 0) is 0 Å². The summed E-state index contributed by atoms with van der Waals surface area (Å²) in [6, 6.07) is 0. The van der Waals surface area contributed by atoms with Crippen LogP contribution in [0.25, 0.3) is 0 Å². The van der Waals surface area contributed by atoms with E-state index in [1.807, 2.05) is 6.08 Å². The number of hydrogen-bond donors (Lipinski definition) is 4. The lowest BCUT2D eigenvalue weighted by Gasteiger charge is -2.38. The second kappa shape index (κ2) is 6.07. The van der Waals surface area contributed by atoms with Crippen molar-refractivity contribution < 1.29 is 5.73 Å². The van der Waals surface area contributed by atoms with Crippen molar-refractivity contribution in [2.45, 2.75) is 45.7 Å². The Morgan fingerprint density at radius 1 is 1.53 bits per heavy atom. The van der Waals surface area contributed by atoms with E-state index in [-0.39, 0.29) is 17.3 Å². The van der Waals surface area contributed by atoms with Crippen LogP contribution >= 0.6 is 0 Å². The van der Waals surface area contributed by atoms with Crippen LogP contribution in [0.5, 0.6) is 0 Å². The molecule has 3 atom stereocenters. The molecule has 0 aliphatic heterocycles. The van der Waals surface area contributed by atoms with Crippen molar-refractivity contribution in [1.29, 1.82) is 0 Å². The average molecular weight is 267 g/mol. The Labute approximate surface area is 117 Å². The van der Waals surface area contributed by atoms with Crippen LogP contribution in [-0.4, -0.2) is 12.2 Å². The van der Waals surface area contributed by atoms with Crippen LogP contribution in [0.4, 0.5) is 0 Å². The lowest BCUT2D eigenvalue weighted by molar-refractivity contribution is -0.480. The zero-order valence-corrected chi connectivity index (χ0v) is 12.7. The van der Waals surface area contributed by atoms with Gasteiger partial charge >= 0.3 is 0 Å². The minimum Gasteiger partial charge on any atom is -0.396 e. The molecule has 0 aromatic heterocycles. The molecule has 0 spiro atoms. The first-order valence-electron chi connectivity index (χ1n) is 7.21. The molecule has 0 aromatic rings. The maximum Gasteiger partial charge on any atom is 0.189 e. The standard InChI is InChI=1S/C15H30N4/c1-4-6-13(17)15(18,19)12-9-14(2,3)8-5-7-11(12)10-16/h5-7,11-12H,4,8-10,16-19H2,1-3H3/p+1. The Balaban J connectivity index is 3.10. The van der Waals surface area contributed by atoms with E-state index in [0.717, 1.165) is 19.3 Å². The van der Waals surface area contributed by atoms with Crippen molar-refractivity contribution in [2.24, 2.45) is 34.5 Å². The monoisotopic (exact) mass is 267 g/mol. The molecule has 110 valence electrons. The van der Waals surface area contributed by atoms with E-state index in [1.165, 1.54) is 0 Å². The summed E-state index contributed by atoms with van der Waals surface area (Å²) < 4.78 is 0. The van der Waals surface area contributed by atoms with E-state index in [0.29, 0.717) is 12.2 Å². The molecular weight excluding hydrogens is 236 g/mol. The first-order valence-corrected chi connectivity index (χ1v) is 7.21. The zero-order chi connectivity index (χ0) is 14.7.